The average Bonchev–Trinajstić information content (AvgIpc) is 2.61. The van der Waals surface area contributed by atoms with E-state index in [1.54, 1.807) is 45.0 Å². The van der Waals surface area contributed by atoms with Crippen LogP contribution in [0.15, 0.2) is 46.5 Å². The number of pyridine rings is 1. The number of hydrazone groups is 1. The van der Waals surface area contributed by atoms with Crippen LogP contribution in [0.1, 0.15) is 26.3 Å². The Morgan fingerprint density at radius 1 is 1.19 bits per heavy atom. The SMILES string of the molecule is CCN(CC)S(=O)(=O)c1ccc(NN=C(C)c2ccc(Cl)cc2Cl)nc1. The lowest BCUT2D eigenvalue weighted by Gasteiger charge is -2.18. The molecule has 1 N–H and O–H groups in total. The predicted molar refractivity (Wildman–Crippen MR) is 107 cm³/mol. The van der Waals surface area contributed by atoms with E-state index in [2.05, 4.69) is 15.5 Å². The number of nitrogens with zero attached hydrogens (tertiary/aromatic N) is 3. The van der Waals surface area contributed by atoms with E-state index in [1.807, 2.05) is 0 Å². The Labute approximate surface area is 163 Å². The summed E-state index contributed by atoms with van der Waals surface area (Å²) in [7, 11) is -3.52. The lowest BCUT2D eigenvalue weighted by atomic mass is 10.1. The van der Waals surface area contributed by atoms with Crippen LogP contribution < -0.4 is 5.43 Å². The van der Waals surface area contributed by atoms with Gasteiger partial charge in [0.2, 0.25) is 10.0 Å². The highest BCUT2D eigenvalue weighted by molar-refractivity contribution is 7.89. The Morgan fingerprint density at radius 2 is 1.88 bits per heavy atom. The molecule has 6 nitrogen and oxygen atoms in total. The molecule has 0 fully saturated rings. The molecule has 0 radical (unpaired) electrons. The Bertz CT molecular complexity index is 895. The van der Waals surface area contributed by atoms with Crippen LogP contribution in [0.3, 0.4) is 0 Å². The van der Waals surface area contributed by atoms with Gasteiger partial charge in [-0.05, 0) is 31.2 Å². The maximum Gasteiger partial charge on any atom is 0.244 e. The molecule has 1 aromatic carbocycles. The van der Waals surface area contributed by atoms with Gasteiger partial charge in [-0.15, -0.1) is 0 Å². The predicted octanol–water partition coefficient (Wildman–Crippen LogP) is 4.26. The molecule has 26 heavy (non-hydrogen) atoms. The van der Waals surface area contributed by atoms with E-state index in [4.69, 9.17) is 23.2 Å². The second-order valence-corrected chi connectivity index (χ2v) is 8.18. The minimum atomic E-state index is -3.52. The number of hydrogen-bond donors (Lipinski definition) is 1. The van der Waals surface area contributed by atoms with Crippen molar-refractivity contribution in [3.8, 4) is 0 Å². The Kier molecular flexibility index (Phi) is 7.00. The summed E-state index contributed by atoms with van der Waals surface area (Å²) in [4.78, 5) is 4.27. The van der Waals surface area contributed by atoms with Crippen LogP contribution in [0.2, 0.25) is 10.0 Å². The molecule has 1 heterocycles. The van der Waals surface area contributed by atoms with Crippen molar-refractivity contribution in [3.05, 3.63) is 52.1 Å². The second-order valence-electron chi connectivity index (χ2n) is 5.40. The molecule has 0 saturated carbocycles. The second kappa shape index (κ2) is 8.81. The Balaban J connectivity index is 2.17. The van der Waals surface area contributed by atoms with Gasteiger partial charge in [-0.1, -0.05) is 43.1 Å². The van der Waals surface area contributed by atoms with E-state index in [9.17, 15) is 8.42 Å². The topological polar surface area (TPSA) is 74.7 Å². The molecular weight excluding hydrogens is 395 g/mol. The third-order valence-corrected chi connectivity index (χ3v) is 6.32. The maximum atomic E-state index is 12.4. The molecule has 0 aliphatic carbocycles. The van der Waals surface area contributed by atoms with Crippen molar-refractivity contribution >= 4 is 44.8 Å². The standard InChI is InChI=1S/C17H20Cl2N4O2S/c1-4-23(5-2)26(24,25)14-7-9-17(20-11-14)22-21-12(3)15-8-6-13(18)10-16(15)19/h6-11H,4-5H2,1-3H3,(H,20,22). The Hall–Kier alpha value is -1.67. The number of benzene rings is 1. The quantitative estimate of drug-likeness (QED) is 0.542. The van der Waals surface area contributed by atoms with Gasteiger partial charge in [0.25, 0.3) is 0 Å². The van der Waals surface area contributed by atoms with Gasteiger partial charge in [0.05, 0.1) is 10.7 Å². The zero-order valence-electron chi connectivity index (χ0n) is 14.7. The van der Waals surface area contributed by atoms with Crippen molar-refractivity contribution in [2.24, 2.45) is 5.10 Å². The first-order chi connectivity index (χ1) is 12.3. The number of hydrogen-bond acceptors (Lipinski definition) is 5. The summed E-state index contributed by atoms with van der Waals surface area (Å²) in [6.07, 6.45) is 1.32. The summed E-state index contributed by atoms with van der Waals surface area (Å²) in [5.41, 5.74) is 4.18. The lowest BCUT2D eigenvalue weighted by Crippen LogP contribution is -2.30. The first-order valence-corrected chi connectivity index (χ1v) is 10.2. The van der Waals surface area contributed by atoms with Crippen LogP contribution in [0.4, 0.5) is 5.82 Å². The molecule has 0 unspecified atom stereocenters. The van der Waals surface area contributed by atoms with Gasteiger partial charge in [-0.2, -0.15) is 9.41 Å². The molecule has 2 aromatic rings. The summed E-state index contributed by atoms with van der Waals surface area (Å²) in [5.74, 6) is 0.424. The number of halogens is 2. The van der Waals surface area contributed by atoms with Crippen LogP contribution >= 0.6 is 23.2 Å². The molecular formula is C17H20Cl2N4O2S. The van der Waals surface area contributed by atoms with Crippen molar-refractivity contribution in [2.45, 2.75) is 25.7 Å². The van der Waals surface area contributed by atoms with Crippen molar-refractivity contribution in [1.82, 2.24) is 9.29 Å². The number of anilines is 1. The third kappa shape index (κ3) is 4.73. The van der Waals surface area contributed by atoms with Crippen LogP contribution in [0.5, 0.6) is 0 Å². The third-order valence-electron chi connectivity index (χ3n) is 3.74. The van der Waals surface area contributed by atoms with E-state index in [1.165, 1.54) is 16.6 Å². The number of aromatic nitrogens is 1. The molecule has 0 aliphatic heterocycles. The first-order valence-electron chi connectivity index (χ1n) is 8.01. The molecule has 2 rings (SSSR count). The molecule has 1 aromatic heterocycles. The number of sulfonamides is 1. The van der Waals surface area contributed by atoms with E-state index < -0.39 is 10.0 Å². The van der Waals surface area contributed by atoms with E-state index in [-0.39, 0.29) is 4.90 Å². The maximum absolute atomic E-state index is 12.4. The lowest BCUT2D eigenvalue weighted by molar-refractivity contribution is 0.445. The van der Waals surface area contributed by atoms with Crippen LogP contribution in [-0.4, -0.2) is 36.5 Å². The Morgan fingerprint density at radius 3 is 2.42 bits per heavy atom. The molecule has 140 valence electrons. The fraction of sp³-hybridized carbons (Fsp3) is 0.294. The van der Waals surface area contributed by atoms with Crippen molar-refractivity contribution < 1.29 is 8.42 Å². The van der Waals surface area contributed by atoms with Crippen LogP contribution in [-0.2, 0) is 10.0 Å². The van der Waals surface area contributed by atoms with E-state index in [0.29, 0.717) is 34.7 Å². The van der Waals surface area contributed by atoms with Gasteiger partial charge in [0.15, 0.2) is 0 Å². The van der Waals surface area contributed by atoms with Gasteiger partial charge < -0.3 is 0 Å². The van der Waals surface area contributed by atoms with Crippen LogP contribution in [0.25, 0.3) is 0 Å². The minimum absolute atomic E-state index is 0.146. The molecule has 0 bridgehead atoms. The zero-order chi connectivity index (χ0) is 19.3. The zero-order valence-corrected chi connectivity index (χ0v) is 17.0. The van der Waals surface area contributed by atoms with Gasteiger partial charge in [-0.3, -0.25) is 5.43 Å². The van der Waals surface area contributed by atoms with Crippen molar-refractivity contribution in [2.75, 3.05) is 18.5 Å². The summed E-state index contributed by atoms with van der Waals surface area (Å²) in [6.45, 7) is 6.20. The van der Waals surface area contributed by atoms with Gasteiger partial charge in [0, 0.05) is 29.9 Å². The van der Waals surface area contributed by atoms with Gasteiger partial charge >= 0.3 is 0 Å². The van der Waals surface area contributed by atoms with Crippen molar-refractivity contribution in [1.29, 1.82) is 0 Å². The highest BCUT2D eigenvalue weighted by Crippen LogP contribution is 2.22. The normalized spacial score (nSPS) is 12.5. The highest BCUT2D eigenvalue weighted by atomic mass is 35.5. The molecule has 0 atom stereocenters. The smallest absolute Gasteiger partial charge is 0.244 e. The minimum Gasteiger partial charge on any atom is -0.261 e. The average molecular weight is 415 g/mol. The molecule has 0 amide bonds. The molecule has 0 aliphatic rings. The first kappa shape index (κ1) is 20.6. The number of nitrogens with one attached hydrogen (secondary N) is 1. The van der Waals surface area contributed by atoms with Gasteiger partial charge in [0.1, 0.15) is 10.7 Å². The summed E-state index contributed by atoms with van der Waals surface area (Å²) in [6, 6.07) is 8.22. The monoisotopic (exact) mass is 414 g/mol. The molecule has 0 spiro atoms. The number of rotatable bonds is 7. The molecule has 0 saturated heterocycles. The highest BCUT2D eigenvalue weighted by Gasteiger charge is 2.21. The van der Waals surface area contributed by atoms with Gasteiger partial charge in [-0.25, -0.2) is 13.4 Å². The molecule has 9 heteroatoms. The summed E-state index contributed by atoms with van der Waals surface area (Å²) in [5, 5.41) is 5.27. The fourth-order valence-electron chi connectivity index (χ4n) is 2.30. The van der Waals surface area contributed by atoms with E-state index in [0.717, 1.165) is 5.56 Å². The van der Waals surface area contributed by atoms with E-state index >= 15 is 0 Å². The van der Waals surface area contributed by atoms with Crippen molar-refractivity contribution in [3.63, 3.8) is 0 Å². The fourth-order valence-corrected chi connectivity index (χ4v) is 4.25. The van der Waals surface area contributed by atoms with Crippen LogP contribution in [0, 0.1) is 0 Å². The largest absolute Gasteiger partial charge is 0.261 e. The summed E-state index contributed by atoms with van der Waals surface area (Å²) < 4.78 is 26.2. The summed E-state index contributed by atoms with van der Waals surface area (Å²) >= 11 is 12.0.